The molecule has 0 bridgehead atoms. The van der Waals surface area contributed by atoms with Gasteiger partial charge in [0.2, 0.25) is 5.82 Å². The number of hydrogen-bond donors (Lipinski definition) is 4. The smallest absolute Gasteiger partial charge is 0.324 e. The molecule has 0 unspecified atom stereocenters. The Morgan fingerprint density at radius 2 is 1.89 bits per heavy atom. The highest BCUT2D eigenvalue weighted by Gasteiger charge is 2.18. The predicted octanol–water partition coefficient (Wildman–Crippen LogP) is 4.93. The quantitative estimate of drug-likeness (QED) is 0.241. The average Bonchev–Trinajstić information content (AvgIpc) is 3.44. The van der Waals surface area contributed by atoms with Crippen LogP contribution < -0.4 is 16.0 Å². The number of H-pyrrole nitrogens is 1. The van der Waals surface area contributed by atoms with Gasteiger partial charge in [0.05, 0.1) is 6.20 Å². The number of aromatic amines is 1. The van der Waals surface area contributed by atoms with E-state index >= 15 is 0 Å². The molecule has 0 fully saturated rings. The Morgan fingerprint density at radius 3 is 2.61 bits per heavy atom. The van der Waals surface area contributed by atoms with Gasteiger partial charge in [-0.05, 0) is 61.6 Å². The van der Waals surface area contributed by atoms with Gasteiger partial charge in [-0.1, -0.05) is 41.9 Å². The summed E-state index contributed by atoms with van der Waals surface area (Å²) in [7, 11) is 0. The van der Waals surface area contributed by atoms with E-state index in [9.17, 15) is 9.59 Å². The third-order valence-corrected chi connectivity index (χ3v) is 5.93. The molecule has 4 N–H and O–H groups in total. The van der Waals surface area contributed by atoms with Crippen LogP contribution in [0.1, 0.15) is 39.4 Å². The summed E-state index contributed by atoms with van der Waals surface area (Å²) in [6, 6.07) is 14.5. The van der Waals surface area contributed by atoms with Gasteiger partial charge < -0.3 is 15.2 Å². The van der Waals surface area contributed by atoms with Crippen molar-refractivity contribution < 1.29 is 9.59 Å². The maximum Gasteiger partial charge on any atom is 0.324 e. The maximum atomic E-state index is 13.0. The Kier molecular flexibility index (Phi) is 8.02. The molecule has 4 aromatic rings. The fraction of sp³-hybridized carbons (Fsp3) is 0.231. The number of urea groups is 1. The van der Waals surface area contributed by atoms with E-state index in [-0.39, 0.29) is 17.5 Å². The standard InChI is InChI=1S/C26H28ClN7O2/c1-17-13-21(27)10-11-22(17)30-26(36)32-23-16-34(15-19-7-4-3-5-8-19)24(31-23)25(35)28-12-6-9-20-14-29-33-18(20)2/h3-5,7-8,10-11,13-14,16H,6,9,12,15H2,1-2H3,(H,28,35)(H,29,33)(H2,30,32,36). The molecule has 0 saturated carbocycles. The van der Waals surface area contributed by atoms with Crippen molar-refractivity contribution in [2.75, 3.05) is 17.2 Å². The number of imidazole rings is 1. The predicted molar refractivity (Wildman–Crippen MR) is 141 cm³/mol. The van der Waals surface area contributed by atoms with E-state index < -0.39 is 6.03 Å². The van der Waals surface area contributed by atoms with Crippen LogP contribution in [-0.4, -0.2) is 38.2 Å². The summed E-state index contributed by atoms with van der Waals surface area (Å²) in [4.78, 5) is 30.0. The molecule has 2 aromatic heterocycles. The molecule has 0 aliphatic carbocycles. The maximum absolute atomic E-state index is 13.0. The van der Waals surface area contributed by atoms with Crippen molar-refractivity contribution in [3.05, 3.63) is 94.2 Å². The van der Waals surface area contributed by atoms with Gasteiger partial charge >= 0.3 is 6.03 Å². The first kappa shape index (κ1) is 25.0. The van der Waals surface area contributed by atoms with E-state index in [2.05, 4.69) is 31.1 Å². The first-order valence-corrected chi connectivity index (χ1v) is 12.0. The zero-order valence-electron chi connectivity index (χ0n) is 20.1. The lowest BCUT2D eigenvalue weighted by Gasteiger charge is -2.08. The van der Waals surface area contributed by atoms with Crippen molar-refractivity contribution >= 4 is 35.0 Å². The zero-order valence-corrected chi connectivity index (χ0v) is 20.9. The monoisotopic (exact) mass is 505 g/mol. The van der Waals surface area contributed by atoms with Gasteiger partial charge in [-0.3, -0.25) is 15.2 Å². The molecule has 0 radical (unpaired) electrons. The van der Waals surface area contributed by atoms with Crippen LogP contribution in [0.5, 0.6) is 0 Å². The summed E-state index contributed by atoms with van der Waals surface area (Å²) in [5, 5.41) is 16.0. The third kappa shape index (κ3) is 6.51. The fourth-order valence-corrected chi connectivity index (χ4v) is 4.01. The Bertz CT molecular complexity index is 1350. The van der Waals surface area contributed by atoms with Crippen molar-refractivity contribution in [3.8, 4) is 0 Å². The number of carbonyl (C=O) groups excluding carboxylic acids is 2. The van der Waals surface area contributed by atoms with Crippen LogP contribution in [0.15, 0.2) is 60.9 Å². The molecule has 186 valence electrons. The highest BCUT2D eigenvalue weighted by atomic mass is 35.5. The Balaban J connectivity index is 1.44. The molecular weight excluding hydrogens is 478 g/mol. The van der Waals surface area contributed by atoms with E-state index in [4.69, 9.17) is 11.6 Å². The Hall–Kier alpha value is -4.11. The fourth-order valence-electron chi connectivity index (χ4n) is 3.78. The molecular formula is C26H28ClN7O2. The van der Waals surface area contributed by atoms with E-state index in [1.54, 1.807) is 35.2 Å². The minimum atomic E-state index is -0.466. The summed E-state index contributed by atoms with van der Waals surface area (Å²) in [6.07, 6.45) is 5.03. The lowest BCUT2D eigenvalue weighted by molar-refractivity contribution is 0.0939. The number of aryl methyl sites for hydroxylation is 3. The molecule has 4 rings (SSSR count). The number of benzene rings is 2. The first-order chi connectivity index (χ1) is 17.4. The summed E-state index contributed by atoms with van der Waals surface area (Å²) < 4.78 is 1.73. The van der Waals surface area contributed by atoms with Gasteiger partial charge in [0.15, 0.2) is 5.82 Å². The Labute approximate surface area is 214 Å². The van der Waals surface area contributed by atoms with Crippen LogP contribution in [0.2, 0.25) is 5.02 Å². The van der Waals surface area contributed by atoms with Crippen molar-refractivity contribution in [2.45, 2.75) is 33.2 Å². The SMILES string of the molecule is Cc1cc(Cl)ccc1NC(=O)Nc1cn(Cc2ccccc2)c(C(=O)NCCCc2cn[nH]c2C)n1. The molecule has 3 amide bonds. The van der Waals surface area contributed by atoms with Crippen LogP contribution in [0.25, 0.3) is 0 Å². The van der Waals surface area contributed by atoms with Gasteiger partial charge in [-0.2, -0.15) is 5.10 Å². The lowest BCUT2D eigenvalue weighted by atomic mass is 10.1. The van der Waals surface area contributed by atoms with Gasteiger partial charge in [0, 0.05) is 35.7 Å². The normalized spacial score (nSPS) is 10.8. The summed E-state index contributed by atoms with van der Waals surface area (Å²) in [5.41, 5.74) is 4.63. The van der Waals surface area contributed by atoms with Gasteiger partial charge in [-0.15, -0.1) is 0 Å². The Morgan fingerprint density at radius 1 is 1.08 bits per heavy atom. The van der Waals surface area contributed by atoms with Crippen LogP contribution >= 0.6 is 11.6 Å². The molecule has 2 aromatic carbocycles. The number of aromatic nitrogens is 4. The second-order valence-corrected chi connectivity index (χ2v) is 8.92. The number of nitrogens with one attached hydrogen (secondary N) is 4. The van der Waals surface area contributed by atoms with E-state index in [1.807, 2.05) is 44.2 Å². The van der Waals surface area contributed by atoms with Crippen LogP contribution in [0, 0.1) is 13.8 Å². The van der Waals surface area contributed by atoms with E-state index in [0.717, 1.165) is 35.2 Å². The van der Waals surface area contributed by atoms with Gasteiger partial charge in [0.1, 0.15) is 0 Å². The van der Waals surface area contributed by atoms with Gasteiger partial charge in [-0.25, -0.2) is 9.78 Å². The number of amides is 3. The molecule has 0 saturated heterocycles. The molecule has 36 heavy (non-hydrogen) atoms. The van der Waals surface area contributed by atoms with Crippen LogP contribution in [0.3, 0.4) is 0 Å². The molecule has 0 atom stereocenters. The number of rotatable bonds is 9. The summed E-state index contributed by atoms with van der Waals surface area (Å²) in [5.74, 6) is 0.183. The van der Waals surface area contributed by atoms with Crippen molar-refractivity contribution in [1.82, 2.24) is 25.1 Å². The molecule has 2 heterocycles. The largest absolute Gasteiger partial charge is 0.349 e. The average molecular weight is 506 g/mol. The number of hydrogen-bond acceptors (Lipinski definition) is 4. The number of nitrogens with zero attached hydrogens (tertiary/aromatic N) is 3. The second-order valence-electron chi connectivity index (χ2n) is 8.48. The molecule has 0 aliphatic heterocycles. The summed E-state index contributed by atoms with van der Waals surface area (Å²) in [6.45, 7) is 4.75. The first-order valence-electron chi connectivity index (χ1n) is 11.6. The number of halogens is 1. The highest BCUT2D eigenvalue weighted by molar-refractivity contribution is 6.30. The highest BCUT2D eigenvalue weighted by Crippen LogP contribution is 2.20. The van der Waals surface area contributed by atoms with Crippen molar-refractivity contribution in [1.29, 1.82) is 0 Å². The molecule has 0 aliphatic rings. The minimum Gasteiger partial charge on any atom is -0.349 e. The zero-order chi connectivity index (χ0) is 25.5. The van der Waals surface area contributed by atoms with Crippen LogP contribution in [-0.2, 0) is 13.0 Å². The third-order valence-electron chi connectivity index (χ3n) is 5.70. The van der Waals surface area contributed by atoms with Gasteiger partial charge in [0.25, 0.3) is 5.91 Å². The number of anilines is 2. The summed E-state index contributed by atoms with van der Waals surface area (Å²) >= 11 is 5.99. The lowest BCUT2D eigenvalue weighted by Crippen LogP contribution is -2.28. The second kappa shape index (κ2) is 11.5. The van der Waals surface area contributed by atoms with Crippen molar-refractivity contribution in [3.63, 3.8) is 0 Å². The van der Waals surface area contributed by atoms with E-state index in [0.29, 0.717) is 23.8 Å². The molecule has 10 heteroatoms. The minimum absolute atomic E-state index is 0.219. The van der Waals surface area contributed by atoms with Crippen LogP contribution in [0.4, 0.5) is 16.3 Å². The van der Waals surface area contributed by atoms with Crippen molar-refractivity contribution in [2.24, 2.45) is 0 Å². The number of carbonyl (C=O) groups is 2. The molecule has 0 spiro atoms. The topological polar surface area (TPSA) is 117 Å². The van der Waals surface area contributed by atoms with E-state index in [1.165, 1.54) is 0 Å². The molecule has 9 nitrogen and oxygen atoms in total.